The van der Waals surface area contributed by atoms with Gasteiger partial charge >= 0.3 is 0 Å². The molecular weight excluding hydrogens is 481 g/mol. The number of phenols is 1. The normalized spacial score (nSPS) is 14.3. The first-order valence-electron chi connectivity index (χ1n) is 11.9. The van der Waals surface area contributed by atoms with Crippen LogP contribution in [0, 0.1) is 5.82 Å². The molecule has 0 radical (unpaired) electrons. The lowest BCUT2D eigenvalue weighted by molar-refractivity contribution is -0.107. The number of aromatic nitrogens is 1. The molecule has 0 aliphatic carbocycles. The van der Waals surface area contributed by atoms with Crippen molar-refractivity contribution in [3.05, 3.63) is 59.5 Å². The van der Waals surface area contributed by atoms with Gasteiger partial charge in [0, 0.05) is 56.6 Å². The summed E-state index contributed by atoms with van der Waals surface area (Å²) in [7, 11) is 5.94. The van der Waals surface area contributed by atoms with Gasteiger partial charge in [0.1, 0.15) is 17.4 Å². The minimum atomic E-state index is -0.476. The van der Waals surface area contributed by atoms with E-state index in [0.717, 1.165) is 38.4 Å². The van der Waals surface area contributed by atoms with Crippen LogP contribution in [-0.2, 0) is 4.79 Å². The molecule has 1 N–H and O–H groups in total. The summed E-state index contributed by atoms with van der Waals surface area (Å²) in [4.78, 5) is 24.1. The molecule has 0 atom stereocenters. The standard InChI is InChI=1S/C27H31ClFN5O2/c1-31(2)8-11-34(18-35)25-5-4-19(14-24(25)28)22-16-21(29)17-23(27(22)36)20-6-7-30-26(15-20)33-12-9-32(3)10-13-33/h4-7,14-18,36H,8-13H2,1-3H3. The second kappa shape index (κ2) is 11.2. The fraction of sp³-hybridized carbons (Fsp3) is 0.333. The average Bonchev–Trinajstić information content (AvgIpc) is 2.86. The van der Waals surface area contributed by atoms with E-state index < -0.39 is 5.82 Å². The summed E-state index contributed by atoms with van der Waals surface area (Å²) >= 11 is 6.53. The van der Waals surface area contributed by atoms with Crippen LogP contribution in [0.4, 0.5) is 15.9 Å². The third-order valence-corrected chi connectivity index (χ3v) is 6.74. The largest absolute Gasteiger partial charge is 0.507 e. The van der Waals surface area contributed by atoms with Crippen molar-refractivity contribution in [3.63, 3.8) is 0 Å². The molecule has 4 rings (SSSR count). The number of carbonyl (C=O) groups excluding carboxylic acids is 1. The monoisotopic (exact) mass is 511 g/mol. The van der Waals surface area contributed by atoms with Crippen LogP contribution in [0.2, 0.25) is 5.02 Å². The quantitative estimate of drug-likeness (QED) is 0.458. The van der Waals surface area contributed by atoms with Gasteiger partial charge in [-0.2, -0.15) is 0 Å². The Morgan fingerprint density at radius 3 is 2.31 bits per heavy atom. The lowest BCUT2D eigenvalue weighted by Gasteiger charge is -2.33. The van der Waals surface area contributed by atoms with E-state index in [1.807, 2.05) is 25.1 Å². The summed E-state index contributed by atoms with van der Waals surface area (Å²) in [6, 6.07) is 11.3. The molecule has 1 fully saturated rings. The van der Waals surface area contributed by atoms with E-state index in [-0.39, 0.29) is 5.75 Å². The van der Waals surface area contributed by atoms with Crippen molar-refractivity contribution >= 4 is 29.5 Å². The van der Waals surface area contributed by atoms with Crippen LogP contribution in [0.25, 0.3) is 22.3 Å². The Balaban J connectivity index is 1.67. The van der Waals surface area contributed by atoms with Gasteiger partial charge in [0.2, 0.25) is 6.41 Å². The number of piperazine rings is 1. The number of anilines is 2. The van der Waals surface area contributed by atoms with Gasteiger partial charge in [0.15, 0.2) is 0 Å². The number of carbonyl (C=O) groups is 1. The summed E-state index contributed by atoms with van der Waals surface area (Å²) in [6.07, 6.45) is 2.42. The molecule has 0 unspecified atom stereocenters. The summed E-state index contributed by atoms with van der Waals surface area (Å²) in [5.41, 5.74) is 2.48. The number of halogens is 2. The summed E-state index contributed by atoms with van der Waals surface area (Å²) in [5, 5.41) is 11.5. The van der Waals surface area contributed by atoms with Crippen molar-refractivity contribution in [2.75, 3.05) is 70.2 Å². The Labute approximate surface area is 216 Å². The molecule has 1 aromatic heterocycles. The zero-order valence-corrected chi connectivity index (χ0v) is 21.5. The van der Waals surface area contributed by atoms with E-state index in [9.17, 15) is 14.3 Å². The van der Waals surface area contributed by atoms with Crippen LogP contribution in [0.5, 0.6) is 5.75 Å². The van der Waals surface area contributed by atoms with E-state index >= 15 is 0 Å². The minimum absolute atomic E-state index is 0.0457. The number of phenolic OH excluding ortho intramolecular Hbond substituents is 1. The molecule has 190 valence electrons. The summed E-state index contributed by atoms with van der Waals surface area (Å²) in [5.74, 6) is 0.275. The Hall–Kier alpha value is -3.20. The van der Waals surface area contributed by atoms with Crippen molar-refractivity contribution < 1.29 is 14.3 Å². The molecule has 1 aliphatic rings. The zero-order valence-electron chi connectivity index (χ0n) is 20.8. The highest BCUT2D eigenvalue weighted by Gasteiger charge is 2.19. The molecule has 1 saturated heterocycles. The van der Waals surface area contributed by atoms with E-state index in [1.54, 1.807) is 30.5 Å². The van der Waals surface area contributed by atoms with Crippen LogP contribution >= 0.6 is 11.6 Å². The molecule has 36 heavy (non-hydrogen) atoms. The number of rotatable bonds is 8. The predicted molar refractivity (Wildman–Crippen MR) is 143 cm³/mol. The lowest BCUT2D eigenvalue weighted by atomic mass is 9.97. The Bertz CT molecular complexity index is 1230. The van der Waals surface area contributed by atoms with E-state index in [1.165, 1.54) is 17.0 Å². The predicted octanol–water partition coefficient (Wildman–Crippen LogP) is 4.19. The second-order valence-electron chi connectivity index (χ2n) is 9.31. The van der Waals surface area contributed by atoms with Crippen LogP contribution in [-0.4, -0.2) is 86.7 Å². The Morgan fingerprint density at radius 2 is 1.69 bits per heavy atom. The molecule has 2 aromatic carbocycles. The van der Waals surface area contributed by atoms with Gasteiger partial charge in [0.05, 0.1) is 10.7 Å². The molecular formula is C27H31ClFN5O2. The SMILES string of the molecule is CN(C)CCN(C=O)c1ccc(-c2cc(F)cc(-c3ccnc(N4CCN(C)CC4)c3)c2O)cc1Cl. The van der Waals surface area contributed by atoms with Gasteiger partial charge in [-0.1, -0.05) is 17.7 Å². The van der Waals surface area contributed by atoms with Crippen LogP contribution < -0.4 is 9.80 Å². The number of nitrogens with zero attached hydrogens (tertiary/aromatic N) is 5. The minimum Gasteiger partial charge on any atom is -0.507 e. The molecule has 9 heteroatoms. The van der Waals surface area contributed by atoms with Gasteiger partial charge in [-0.3, -0.25) is 4.79 Å². The number of hydrogen-bond acceptors (Lipinski definition) is 6. The van der Waals surface area contributed by atoms with Gasteiger partial charge in [-0.25, -0.2) is 9.37 Å². The number of likely N-dealkylation sites (N-methyl/N-ethyl adjacent to an activating group) is 2. The maximum atomic E-state index is 14.8. The summed E-state index contributed by atoms with van der Waals surface area (Å²) < 4.78 is 14.8. The molecule has 0 bridgehead atoms. The second-order valence-corrected chi connectivity index (χ2v) is 9.72. The fourth-order valence-electron chi connectivity index (χ4n) is 4.28. The summed E-state index contributed by atoms with van der Waals surface area (Å²) in [6.45, 7) is 4.73. The van der Waals surface area contributed by atoms with Crippen molar-refractivity contribution in [1.82, 2.24) is 14.8 Å². The topological polar surface area (TPSA) is 63.2 Å². The molecule has 0 saturated carbocycles. The van der Waals surface area contributed by atoms with Crippen LogP contribution in [0.1, 0.15) is 0 Å². The smallest absolute Gasteiger partial charge is 0.214 e. The highest BCUT2D eigenvalue weighted by molar-refractivity contribution is 6.34. The molecule has 1 aliphatic heterocycles. The van der Waals surface area contributed by atoms with Crippen molar-refractivity contribution in [3.8, 4) is 28.0 Å². The Morgan fingerprint density at radius 1 is 1.03 bits per heavy atom. The van der Waals surface area contributed by atoms with Gasteiger partial charge in [-0.15, -0.1) is 0 Å². The number of benzene rings is 2. The molecule has 7 nitrogen and oxygen atoms in total. The zero-order chi connectivity index (χ0) is 25.8. The highest BCUT2D eigenvalue weighted by Crippen LogP contribution is 2.41. The van der Waals surface area contributed by atoms with E-state index in [0.29, 0.717) is 46.1 Å². The highest BCUT2D eigenvalue weighted by atomic mass is 35.5. The number of amides is 1. The molecule has 1 amide bonds. The maximum absolute atomic E-state index is 14.8. The first-order chi connectivity index (χ1) is 17.3. The van der Waals surface area contributed by atoms with Crippen molar-refractivity contribution in [2.24, 2.45) is 0 Å². The van der Waals surface area contributed by atoms with Crippen LogP contribution in [0.15, 0.2) is 48.7 Å². The number of aromatic hydroxyl groups is 1. The Kier molecular flexibility index (Phi) is 8.08. The van der Waals surface area contributed by atoms with Gasteiger partial charge in [0.25, 0.3) is 0 Å². The van der Waals surface area contributed by atoms with Gasteiger partial charge in [-0.05, 0) is 68.7 Å². The maximum Gasteiger partial charge on any atom is 0.214 e. The molecule has 2 heterocycles. The lowest BCUT2D eigenvalue weighted by Crippen LogP contribution is -2.44. The number of hydrogen-bond donors (Lipinski definition) is 1. The van der Waals surface area contributed by atoms with Crippen molar-refractivity contribution in [1.29, 1.82) is 0 Å². The van der Waals surface area contributed by atoms with Gasteiger partial charge < -0.3 is 24.7 Å². The first kappa shape index (κ1) is 25.9. The van der Waals surface area contributed by atoms with E-state index in [2.05, 4.69) is 21.8 Å². The first-order valence-corrected chi connectivity index (χ1v) is 12.2. The third-order valence-electron chi connectivity index (χ3n) is 6.44. The van der Waals surface area contributed by atoms with E-state index in [4.69, 9.17) is 11.6 Å². The van der Waals surface area contributed by atoms with Crippen LogP contribution in [0.3, 0.4) is 0 Å². The van der Waals surface area contributed by atoms with Crippen molar-refractivity contribution in [2.45, 2.75) is 0 Å². The fourth-order valence-corrected chi connectivity index (χ4v) is 4.57. The number of pyridine rings is 1. The third kappa shape index (κ3) is 5.78. The molecule has 0 spiro atoms. The average molecular weight is 512 g/mol. The molecule has 3 aromatic rings.